The number of nitrogens with one attached hydrogen (secondary N) is 5. The SMILES string of the molecule is C=C(F)C(=O)Nc1cccc2cc(-c3cccc(C)c3CNc3nc(NCC4CCNCC4)nc4c(C(C)C)cnn34)[nH]c12. The highest BCUT2D eigenvalue weighted by atomic mass is 19.1. The molecule has 0 radical (unpaired) electrons. The zero-order valence-electron chi connectivity index (χ0n) is 25.3. The zero-order chi connectivity index (χ0) is 30.8. The second-order valence-electron chi connectivity index (χ2n) is 11.7. The fourth-order valence-electron chi connectivity index (χ4n) is 5.77. The van der Waals surface area contributed by atoms with Gasteiger partial charge in [-0.3, -0.25) is 4.79 Å². The van der Waals surface area contributed by atoms with Crippen LogP contribution in [0.1, 0.15) is 49.3 Å². The van der Waals surface area contributed by atoms with E-state index in [9.17, 15) is 9.18 Å². The highest BCUT2D eigenvalue weighted by molar-refractivity contribution is 6.07. The predicted molar refractivity (Wildman–Crippen MR) is 174 cm³/mol. The van der Waals surface area contributed by atoms with Gasteiger partial charge in [-0.1, -0.05) is 50.8 Å². The van der Waals surface area contributed by atoms with Crippen LogP contribution in [0.25, 0.3) is 27.8 Å². The molecule has 1 saturated heterocycles. The second-order valence-corrected chi connectivity index (χ2v) is 11.7. The van der Waals surface area contributed by atoms with Crippen molar-refractivity contribution in [2.24, 2.45) is 5.92 Å². The number of nitrogens with zero attached hydrogens (tertiary/aromatic N) is 4. The Morgan fingerprint density at radius 2 is 1.93 bits per heavy atom. The van der Waals surface area contributed by atoms with Crippen LogP contribution < -0.4 is 21.3 Å². The van der Waals surface area contributed by atoms with E-state index < -0.39 is 11.7 Å². The van der Waals surface area contributed by atoms with E-state index in [2.05, 4.69) is 70.8 Å². The number of anilines is 3. The standard InChI is InChI=1S/C33H38FN9O/c1-19(2)25-18-38-43-30(25)41-32(36-16-22-11-13-35-14-12-22)42-33(43)37-17-26-20(3)7-5-9-24(26)28-15-23-8-6-10-27(29(23)39-28)40-31(44)21(4)34/h5-10,15,18-19,22,35,39H,4,11-14,16-17H2,1-3H3,(H,40,44)(H2,36,37,41,42). The Morgan fingerprint density at radius 3 is 2.70 bits per heavy atom. The molecule has 0 unspecified atom stereocenters. The molecule has 5 N–H and O–H groups in total. The molecule has 1 aliphatic heterocycles. The van der Waals surface area contributed by atoms with Gasteiger partial charge >= 0.3 is 0 Å². The van der Waals surface area contributed by atoms with E-state index in [0.717, 1.165) is 71.5 Å². The van der Waals surface area contributed by atoms with Crippen LogP contribution in [0.2, 0.25) is 0 Å². The maximum absolute atomic E-state index is 13.4. The summed E-state index contributed by atoms with van der Waals surface area (Å²) in [5, 5.41) is 18.6. The topological polar surface area (TPSA) is 124 Å². The Bertz CT molecular complexity index is 1830. The van der Waals surface area contributed by atoms with Crippen molar-refractivity contribution in [3.8, 4) is 11.3 Å². The van der Waals surface area contributed by atoms with Gasteiger partial charge in [0.2, 0.25) is 11.9 Å². The van der Waals surface area contributed by atoms with Gasteiger partial charge in [0, 0.05) is 35.3 Å². The van der Waals surface area contributed by atoms with Crippen LogP contribution in [0.3, 0.4) is 0 Å². The number of carbonyl (C=O) groups is 1. The Morgan fingerprint density at radius 1 is 1.14 bits per heavy atom. The van der Waals surface area contributed by atoms with Crippen molar-refractivity contribution in [3.63, 3.8) is 0 Å². The molecule has 44 heavy (non-hydrogen) atoms. The van der Waals surface area contributed by atoms with Gasteiger partial charge < -0.3 is 26.3 Å². The Kier molecular flexibility index (Phi) is 8.30. The monoisotopic (exact) mass is 595 g/mol. The van der Waals surface area contributed by atoms with Gasteiger partial charge in [0.1, 0.15) is 0 Å². The average molecular weight is 596 g/mol. The average Bonchev–Trinajstić information content (AvgIpc) is 3.65. The zero-order valence-corrected chi connectivity index (χ0v) is 25.3. The Hall–Kier alpha value is -4.77. The summed E-state index contributed by atoms with van der Waals surface area (Å²) < 4.78 is 15.2. The number of benzene rings is 2. The molecule has 1 fully saturated rings. The molecular weight excluding hydrogens is 557 g/mol. The van der Waals surface area contributed by atoms with Gasteiger partial charge in [-0.25, -0.2) is 4.39 Å². The first-order valence-electron chi connectivity index (χ1n) is 15.1. The number of rotatable bonds is 10. The van der Waals surface area contributed by atoms with Crippen LogP contribution in [0.4, 0.5) is 22.0 Å². The predicted octanol–water partition coefficient (Wildman–Crippen LogP) is 6.15. The molecular formula is C33H38FN9O. The lowest BCUT2D eigenvalue weighted by Crippen LogP contribution is -2.31. The summed E-state index contributed by atoms with van der Waals surface area (Å²) in [4.78, 5) is 25.2. The maximum Gasteiger partial charge on any atom is 0.283 e. The molecule has 0 bridgehead atoms. The van der Waals surface area contributed by atoms with E-state index in [1.165, 1.54) is 0 Å². The number of fused-ring (bicyclic) bond motifs is 2. The van der Waals surface area contributed by atoms with Gasteiger partial charge in [0.15, 0.2) is 11.5 Å². The quantitative estimate of drug-likeness (QED) is 0.123. The number of aryl methyl sites for hydroxylation is 1. The number of aromatic nitrogens is 5. The van der Waals surface area contributed by atoms with Crippen molar-refractivity contribution in [2.75, 3.05) is 35.6 Å². The van der Waals surface area contributed by atoms with Crippen LogP contribution in [0.5, 0.6) is 0 Å². The molecule has 5 aromatic rings. The fourth-order valence-corrected chi connectivity index (χ4v) is 5.77. The first kappa shape index (κ1) is 29.3. The fraction of sp³-hybridized carbons (Fsp3) is 0.333. The smallest absolute Gasteiger partial charge is 0.283 e. The summed E-state index contributed by atoms with van der Waals surface area (Å²) in [5.74, 6) is 0.132. The minimum Gasteiger partial charge on any atom is -0.354 e. The van der Waals surface area contributed by atoms with E-state index in [-0.39, 0.29) is 5.92 Å². The number of piperidine rings is 1. The summed E-state index contributed by atoms with van der Waals surface area (Å²) in [7, 11) is 0. The van der Waals surface area contributed by atoms with Crippen molar-refractivity contribution in [1.82, 2.24) is 29.9 Å². The van der Waals surface area contributed by atoms with Crippen molar-refractivity contribution in [2.45, 2.75) is 46.1 Å². The van der Waals surface area contributed by atoms with E-state index in [1.54, 1.807) is 10.6 Å². The Labute approximate surface area is 255 Å². The number of H-pyrrole nitrogens is 1. The minimum atomic E-state index is -1.04. The van der Waals surface area contributed by atoms with Crippen LogP contribution in [-0.4, -0.2) is 50.1 Å². The number of hydrogen-bond donors (Lipinski definition) is 5. The summed E-state index contributed by atoms with van der Waals surface area (Å²) in [6.45, 7) is 12.8. The first-order chi connectivity index (χ1) is 21.3. The van der Waals surface area contributed by atoms with Crippen molar-refractivity contribution < 1.29 is 9.18 Å². The third kappa shape index (κ3) is 6.00. The van der Waals surface area contributed by atoms with Gasteiger partial charge in [-0.15, -0.1) is 0 Å². The van der Waals surface area contributed by atoms with Gasteiger partial charge in [0.25, 0.3) is 5.91 Å². The largest absolute Gasteiger partial charge is 0.354 e. The first-order valence-corrected chi connectivity index (χ1v) is 15.1. The van der Waals surface area contributed by atoms with Crippen molar-refractivity contribution >= 4 is 40.0 Å². The molecule has 3 aromatic heterocycles. The summed E-state index contributed by atoms with van der Waals surface area (Å²) in [5.41, 5.74) is 7.10. The number of aromatic amines is 1. The highest BCUT2D eigenvalue weighted by Gasteiger charge is 2.19. The van der Waals surface area contributed by atoms with Crippen LogP contribution in [0.15, 0.2) is 61.1 Å². The number of carbonyl (C=O) groups excluding carboxylic acids is 1. The summed E-state index contributed by atoms with van der Waals surface area (Å²) >= 11 is 0. The third-order valence-corrected chi connectivity index (χ3v) is 8.30. The van der Waals surface area contributed by atoms with Crippen LogP contribution >= 0.6 is 0 Å². The molecule has 1 amide bonds. The van der Waals surface area contributed by atoms with E-state index in [1.807, 2.05) is 30.5 Å². The van der Waals surface area contributed by atoms with Crippen molar-refractivity contribution in [1.29, 1.82) is 0 Å². The number of halogens is 1. The molecule has 0 spiro atoms. The maximum atomic E-state index is 13.4. The van der Waals surface area contributed by atoms with E-state index in [0.29, 0.717) is 35.6 Å². The molecule has 2 aromatic carbocycles. The van der Waals surface area contributed by atoms with Crippen molar-refractivity contribution in [3.05, 3.63) is 77.8 Å². The second kappa shape index (κ2) is 12.5. The number of para-hydroxylation sites is 1. The highest BCUT2D eigenvalue weighted by Crippen LogP contribution is 2.32. The molecule has 4 heterocycles. The summed E-state index contributed by atoms with van der Waals surface area (Å²) in [6, 6.07) is 13.7. The molecule has 1 aliphatic rings. The molecule has 0 atom stereocenters. The van der Waals surface area contributed by atoms with Gasteiger partial charge in [0.05, 0.1) is 17.4 Å². The van der Waals surface area contributed by atoms with Crippen LogP contribution in [0, 0.1) is 12.8 Å². The summed E-state index contributed by atoms with van der Waals surface area (Å²) in [6.07, 6.45) is 4.13. The lowest BCUT2D eigenvalue weighted by Gasteiger charge is -2.23. The van der Waals surface area contributed by atoms with Gasteiger partial charge in [-0.05, 0) is 68.0 Å². The van der Waals surface area contributed by atoms with E-state index >= 15 is 0 Å². The van der Waals surface area contributed by atoms with E-state index in [4.69, 9.17) is 9.97 Å². The van der Waals surface area contributed by atoms with Crippen LogP contribution in [-0.2, 0) is 11.3 Å². The normalized spacial score (nSPS) is 13.9. The molecule has 0 aliphatic carbocycles. The molecule has 6 rings (SSSR count). The Balaban J connectivity index is 1.31. The van der Waals surface area contributed by atoms with Gasteiger partial charge in [-0.2, -0.15) is 19.6 Å². The number of amides is 1. The lowest BCUT2D eigenvalue weighted by molar-refractivity contribution is -0.114. The molecule has 228 valence electrons. The minimum absolute atomic E-state index is 0.259. The molecule has 0 saturated carbocycles. The third-order valence-electron chi connectivity index (χ3n) is 8.30. The number of hydrogen-bond acceptors (Lipinski definition) is 7. The lowest BCUT2D eigenvalue weighted by atomic mass is 9.98. The molecule has 11 heteroatoms. The molecule has 10 nitrogen and oxygen atoms in total.